The van der Waals surface area contributed by atoms with E-state index in [4.69, 9.17) is 4.52 Å². The summed E-state index contributed by atoms with van der Waals surface area (Å²) < 4.78 is 5.28. The Morgan fingerprint density at radius 1 is 1.38 bits per heavy atom. The van der Waals surface area contributed by atoms with Crippen molar-refractivity contribution in [3.63, 3.8) is 0 Å². The maximum Gasteiger partial charge on any atom is 0.228 e. The minimum absolute atomic E-state index is 0.283. The van der Waals surface area contributed by atoms with Crippen molar-refractivity contribution in [3.8, 4) is 0 Å². The summed E-state index contributed by atoms with van der Waals surface area (Å²) in [5.41, 5.74) is 1.23. The summed E-state index contributed by atoms with van der Waals surface area (Å²) in [6, 6.07) is 0.463. The molecule has 0 amide bonds. The van der Waals surface area contributed by atoms with Crippen LogP contribution < -0.4 is 10.6 Å². The summed E-state index contributed by atoms with van der Waals surface area (Å²) in [6.45, 7) is 17.0. The second-order valence-electron chi connectivity index (χ2n) is 7.36. The average Bonchev–Trinajstić information content (AvgIpc) is 3.05. The minimum atomic E-state index is 0.283. The van der Waals surface area contributed by atoms with E-state index in [0.717, 1.165) is 50.8 Å². The highest BCUT2D eigenvalue weighted by atomic mass is 16.5. The average molecular weight is 363 g/mol. The molecule has 0 aliphatic carbocycles. The number of rotatable bonds is 8. The zero-order chi connectivity index (χ0) is 18.9. The third kappa shape index (κ3) is 6.78. The monoisotopic (exact) mass is 362 g/mol. The van der Waals surface area contributed by atoms with Crippen LogP contribution in [-0.2, 0) is 6.42 Å². The molecule has 0 atom stereocenters. The summed E-state index contributed by atoms with van der Waals surface area (Å²) in [6.07, 6.45) is 2.91. The first-order valence-electron chi connectivity index (χ1n) is 9.72. The molecule has 0 bridgehead atoms. The number of hydrogen-bond donors (Lipinski definition) is 2. The number of guanidine groups is 1. The van der Waals surface area contributed by atoms with Gasteiger partial charge in [0.2, 0.25) is 5.89 Å². The van der Waals surface area contributed by atoms with E-state index >= 15 is 0 Å². The lowest BCUT2D eigenvalue weighted by atomic mass is 10.0. The molecule has 1 saturated heterocycles. The molecule has 0 aromatic carbocycles. The molecule has 7 nitrogen and oxygen atoms in total. The first-order valence-corrected chi connectivity index (χ1v) is 9.72. The highest BCUT2D eigenvalue weighted by Crippen LogP contribution is 2.12. The Bertz CT molecular complexity index is 587. The summed E-state index contributed by atoms with van der Waals surface area (Å²) >= 11 is 0. The Kier molecular flexibility index (Phi) is 8.09. The van der Waals surface area contributed by atoms with Gasteiger partial charge in [-0.2, -0.15) is 4.98 Å². The van der Waals surface area contributed by atoms with Crippen molar-refractivity contribution < 1.29 is 4.52 Å². The van der Waals surface area contributed by atoms with Gasteiger partial charge in [0.05, 0.1) is 6.54 Å². The Balaban J connectivity index is 1.80. The predicted octanol–water partition coefficient (Wildman–Crippen LogP) is 2.33. The van der Waals surface area contributed by atoms with Gasteiger partial charge in [0.25, 0.3) is 0 Å². The molecule has 2 rings (SSSR count). The van der Waals surface area contributed by atoms with Crippen LogP contribution in [0.15, 0.2) is 21.7 Å². The number of hydrogen-bond acceptors (Lipinski definition) is 5. The highest BCUT2D eigenvalue weighted by Gasteiger charge is 2.19. The Hall–Kier alpha value is -1.89. The lowest BCUT2D eigenvalue weighted by Crippen LogP contribution is -2.49. The minimum Gasteiger partial charge on any atom is -0.357 e. The van der Waals surface area contributed by atoms with E-state index in [2.05, 4.69) is 64.9 Å². The van der Waals surface area contributed by atoms with Gasteiger partial charge in [-0.05, 0) is 26.7 Å². The molecular formula is C19H34N6O. The third-order valence-corrected chi connectivity index (χ3v) is 4.36. The van der Waals surface area contributed by atoms with Gasteiger partial charge in [0, 0.05) is 44.6 Å². The molecule has 1 aromatic rings. The van der Waals surface area contributed by atoms with Crippen LogP contribution in [0.2, 0.25) is 0 Å². The lowest BCUT2D eigenvalue weighted by molar-refractivity contribution is 0.221. The van der Waals surface area contributed by atoms with Crippen molar-refractivity contribution >= 4 is 5.96 Å². The van der Waals surface area contributed by atoms with E-state index in [1.807, 2.05) is 0 Å². The molecule has 146 valence electrons. The molecule has 1 aliphatic heterocycles. The van der Waals surface area contributed by atoms with Crippen molar-refractivity contribution in [1.29, 1.82) is 0 Å². The number of aromatic nitrogens is 2. The zero-order valence-electron chi connectivity index (χ0n) is 16.7. The fraction of sp³-hybridized carbons (Fsp3) is 0.737. The standard InChI is InChI=1S/C19H34N6O/c1-6-20-19(21-10-7-17-23-18(15(4)5)24-26-17)22-16-8-11-25(12-9-16)13-14(2)3/h15-16H,2,6-13H2,1,3-5H3,(H2,20,21,22). The zero-order valence-corrected chi connectivity index (χ0v) is 16.7. The van der Waals surface area contributed by atoms with E-state index in [9.17, 15) is 0 Å². The quantitative estimate of drug-likeness (QED) is 0.420. The second-order valence-corrected chi connectivity index (χ2v) is 7.36. The molecule has 0 saturated carbocycles. The van der Waals surface area contributed by atoms with Crippen molar-refractivity contribution in [2.75, 3.05) is 32.7 Å². The molecular weight excluding hydrogens is 328 g/mol. The molecule has 2 N–H and O–H groups in total. The molecule has 1 fully saturated rings. The van der Waals surface area contributed by atoms with Crippen molar-refractivity contribution in [3.05, 3.63) is 23.9 Å². The van der Waals surface area contributed by atoms with Gasteiger partial charge in [-0.15, -0.1) is 0 Å². The molecule has 0 unspecified atom stereocenters. The Morgan fingerprint density at radius 3 is 2.69 bits per heavy atom. The van der Waals surface area contributed by atoms with Gasteiger partial charge >= 0.3 is 0 Å². The van der Waals surface area contributed by atoms with E-state index in [0.29, 0.717) is 24.9 Å². The van der Waals surface area contributed by atoms with E-state index in [-0.39, 0.29) is 5.92 Å². The van der Waals surface area contributed by atoms with Crippen LogP contribution in [0.3, 0.4) is 0 Å². The molecule has 26 heavy (non-hydrogen) atoms. The highest BCUT2D eigenvalue weighted by molar-refractivity contribution is 5.80. The molecule has 1 aromatic heterocycles. The Labute approximate surface area is 157 Å². The van der Waals surface area contributed by atoms with E-state index < -0.39 is 0 Å². The van der Waals surface area contributed by atoms with Gasteiger partial charge in [-0.3, -0.25) is 9.89 Å². The Morgan fingerprint density at radius 2 is 2.12 bits per heavy atom. The van der Waals surface area contributed by atoms with E-state index in [1.54, 1.807) is 0 Å². The fourth-order valence-electron chi connectivity index (χ4n) is 3.00. The number of aliphatic imine (C=N–C) groups is 1. The van der Waals surface area contributed by atoms with Gasteiger partial charge in [0.15, 0.2) is 11.8 Å². The van der Waals surface area contributed by atoms with Gasteiger partial charge in [-0.25, -0.2) is 0 Å². The smallest absolute Gasteiger partial charge is 0.228 e. The maximum atomic E-state index is 5.28. The maximum absolute atomic E-state index is 5.28. The SMILES string of the molecule is C=C(C)CN1CCC(NC(=NCCc2nc(C(C)C)no2)NCC)CC1. The second kappa shape index (κ2) is 10.3. The van der Waals surface area contributed by atoms with Crippen molar-refractivity contribution in [2.45, 2.75) is 58.9 Å². The predicted molar refractivity (Wildman–Crippen MR) is 105 cm³/mol. The molecule has 7 heteroatoms. The van der Waals surface area contributed by atoms with Crippen LogP contribution in [0, 0.1) is 0 Å². The lowest BCUT2D eigenvalue weighted by Gasteiger charge is -2.33. The van der Waals surface area contributed by atoms with Gasteiger partial charge in [0.1, 0.15) is 0 Å². The van der Waals surface area contributed by atoms with Gasteiger partial charge in [-0.1, -0.05) is 31.2 Å². The number of piperidine rings is 1. The van der Waals surface area contributed by atoms with Crippen LogP contribution in [-0.4, -0.2) is 59.8 Å². The van der Waals surface area contributed by atoms with Crippen LogP contribution in [0.1, 0.15) is 58.2 Å². The molecule has 0 radical (unpaired) electrons. The normalized spacial score (nSPS) is 16.9. The van der Waals surface area contributed by atoms with Crippen molar-refractivity contribution in [1.82, 2.24) is 25.7 Å². The topological polar surface area (TPSA) is 78.6 Å². The van der Waals surface area contributed by atoms with Crippen LogP contribution in [0.5, 0.6) is 0 Å². The number of likely N-dealkylation sites (tertiary alicyclic amines) is 1. The molecule has 2 heterocycles. The molecule has 1 aliphatic rings. The van der Waals surface area contributed by atoms with E-state index in [1.165, 1.54) is 5.57 Å². The van der Waals surface area contributed by atoms with Crippen molar-refractivity contribution in [2.24, 2.45) is 4.99 Å². The van der Waals surface area contributed by atoms with Crippen LogP contribution >= 0.6 is 0 Å². The third-order valence-electron chi connectivity index (χ3n) is 4.36. The summed E-state index contributed by atoms with van der Waals surface area (Å²) in [7, 11) is 0. The van der Waals surface area contributed by atoms with Crippen LogP contribution in [0.4, 0.5) is 0 Å². The summed E-state index contributed by atoms with van der Waals surface area (Å²) in [5.74, 6) is 2.57. The molecule has 0 spiro atoms. The van der Waals surface area contributed by atoms with Gasteiger partial charge < -0.3 is 15.2 Å². The summed E-state index contributed by atoms with van der Waals surface area (Å²) in [4.78, 5) is 11.5. The largest absolute Gasteiger partial charge is 0.357 e. The number of nitrogens with one attached hydrogen (secondary N) is 2. The summed E-state index contributed by atoms with van der Waals surface area (Å²) in [5, 5.41) is 10.9. The fourth-order valence-corrected chi connectivity index (χ4v) is 3.00. The first kappa shape index (κ1) is 20.4. The van der Waals surface area contributed by atoms with Crippen LogP contribution in [0.25, 0.3) is 0 Å². The number of nitrogens with zero attached hydrogens (tertiary/aromatic N) is 4. The first-order chi connectivity index (χ1) is 12.5.